The van der Waals surface area contributed by atoms with Crippen molar-refractivity contribution in [2.75, 3.05) is 42.3 Å². The first-order valence-corrected chi connectivity index (χ1v) is 17.6. The van der Waals surface area contributed by atoms with Crippen LogP contribution < -0.4 is 34.4 Å². The number of rotatable bonds is 6. The van der Waals surface area contributed by atoms with Crippen LogP contribution in [0.3, 0.4) is 0 Å². The van der Waals surface area contributed by atoms with Gasteiger partial charge >= 0.3 is 0 Å². The summed E-state index contributed by atoms with van der Waals surface area (Å²) in [7, 11) is 9.00. The van der Waals surface area contributed by atoms with Crippen molar-refractivity contribution >= 4 is 11.8 Å². The third kappa shape index (κ3) is 27.9. The molecule has 0 saturated carbocycles. The van der Waals surface area contributed by atoms with Crippen LogP contribution in [0.2, 0.25) is 0 Å². The summed E-state index contributed by atoms with van der Waals surface area (Å²) in [4.78, 5) is 2.57. The van der Waals surface area contributed by atoms with Gasteiger partial charge in [-0.3, -0.25) is 0 Å². The zero-order chi connectivity index (χ0) is 38.8. The first kappa shape index (κ1) is 50.8. The van der Waals surface area contributed by atoms with Crippen molar-refractivity contribution in [3.63, 3.8) is 0 Å². The van der Waals surface area contributed by atoms with Crippen molar-refractivity contribution in [3.05, 3.63) is 204 Å². The van der Waals surface area contributed by atoms with E-state index in [1.165, 1.54) is 74.3 Å². The standard InChI is InChI=1S/2C13H12.C12H10S.6CH5N/c2*1-3-7-12(8-4-1)11-13-9-5-2-6-10-13;1-3-7-11(8-4-1)13-12-9-5-2-6-10-12;6*1-2/h2*1-10H,11H2;1-10H;6*2H2,1H3. The van der Waals surface area contributed by atoms with E-state index >= 15 is 0 Å². The Hall–Kier alpha value is -4.57. The van der Waals surface area contributed by atoms with Gasteiger partial charge in [0.15, 0.2) is 0 Å². The lowest BCUT2D eigenvalue weighted by molar-refractivity contribution is 1.19. The zero-order valence-corrected chi connectivity index (χ0v) is 32.4. The van der Waals surface area contributed by atoms with Gasteiger partial charge in [0.2, 0.25) is 0 Å². The highest BCUT2D eigenvalue weighted by molar-refractivity contribution is 7.99. The van der Waals surface area contributed by atoms with Gasteiger partial charge in [-0.25, -0.2) is 0 Å². The van der Waals surface area contributed by atoms with E-state index in [1.54, 1.807) is 11.8 Å². The molecule has 276 valence electrons. The fraction of sp³-hybridized carbons (Fsp3) is 0.182. The van der Waals surface area contributed by atoms with Crippen molar-refractivity contribution in [3.8, 4) is 0 Å². The molecule has 6 aromatic carbocycles. The van der Waals surface area contributed by atoms with Crippen molar-refractivity contribution in [2.24, 2.45) is 34.4 Å². The minimum Gasteiger partial charge on any atom is -0.333 e. The average Bonchev–Trinajstić information content (AvgIpc) is 3.25. The van der Waals surface area contributed by atoms with E-state index in [0.29, 0.717) is 0 Å². The first-order valence-electron chi connectivity index (χ1n) is 16.8. The lowest BCUT2D eigenvalue weighted by Crippen LogP contribution is -1.85. The molecule has 0 unspecified atom stereocenters. The molecule has 6 nitrogen and oxygen atoms in total. The fourth-order valence-electron chi connectivity index (χ4n) is 3.97. The molecule has 0 aromatic heterocycles. The highest BCUT2D eigenvalue weighted by atomic mass is 32.2. The molecule has 0 fully saturated rings. The summed E-state index contributed by atoms with van der Waals surface area (Å²) in [5.74, 6) is 0. The highest BCUT2D eigenvalue weighted by Crippen LogP contribution is 2.26. The topological polar surface area (TPSA) is 156 Å². The minimum absolute atomic E-state index is 1.03. The van der Waals surface area contributed by atoms with Crippen LogP contribution in [0.25, 0.3) is 0 Å². The summed E-state index contributed by atoms with van der Waals surface area (Å²) in [6.07, 6.45) is 2.06. The number of benzene rings is 6. The van der Waals surface area contributed by atoms with E-state index in [-0.39, 0.29) is 0 Å². The second kappa shape index (κ2) is 41.6. The Kier molecular flexibility index (Phi) is 41.4. The minimum atomic E-state index is 1.03. The van der Waals surface area contributed by atoms with Gasteiger partial charge in [-0.1, -0.05) is 169 Å². The quantitative estimate of drug-likeness (QED) is 0.103. The van der Waals surface area contributed by atoms with Crippen molar-refractivity contribution in [1.82, 2.24) is 0 Å². The molecule has 0 aliphatic heterocycles. The van der Waals surface area contributed by atoms with Crippen LogP contribution in [0.15, 0.2) is 192 Å². The van der Waals surface area contributed by atoms with Gasteiger partial charge in [-0.15, -0.1) is 0 Å². The van der Waals surface area contributed by atoms with E-state index in [9.17, 15) is 0 Å². The van der Waals surface area contributed by atoms with E-state index in [4.69, 9.17) is 0 Å². The molecule has 0 aliphatic rings. The number of nitrogens with two attached hydrogens (primary N) is 6. The van der Waals surface area contributed by atoms with Gasteiger partial charge in [0.1, 0.15) is 0 Å². The number of hydrogen-bond acceptors (Lipinski definition) is 7. The molecule has 0 radical (unpaired) electrons. The molecule has 12 N–H and O–H groups in total. The predicted octanol–water partition coefficient (Wildman–Crippen LogP) is 7.84. The lowest BCUT2D eigenvalue weighted by Gasteiger charge is -2.00. The van der Waals surface area contributed by atoms with Crippen LogP contribution >= 0.6 is 11.8 Å². The summed E-state index contributed by atoms with van der Waals surface area (Å²) in [5, 5.41) is 0. The maximum atomic E-state index is 4.50. The molecule has 0 spiro atoms. The van der Waals surface area contributed by atoms with E-state index < -0.39 is 0 Å². The third-order valence-electron chi connectivity index (χ3n) is 5.91. The normalized spacial score (nSPS) is 8.24. The summed E-state index contributed by atoms with van der Waals surface area (Å²) in [5.41, 5.74) is 32.5. The molecule has 51 heavy (non-hydrogen) atoms. The Labute approximate surface area is 314 Å². The molecule has 6 aromatic rings. The van der Waals surface area contributed by atoms with Crippen molar-refractivity contribution in [1.29, 1.82) is 0 Å². The molecule has 0 bridgehead atoms. The summed E-state index contributed by atoms with van der Waals surface area (Å²) in [6, 6.07) is 62.9. The molecule has 0 heterocycles. The van der Waals surface area contributed by atoms with Gasteiger partial charge in [0, 0.05) is 9.79 Å². The van der Waals surface area contributed by atoms with Gasteiger partial charge in [-0.05, 0) is 102 Å². The fourth-order valence-corrected chi connectivity index (χ4v) is 4.83. The van der Waals surface area contributed by atoms with Crippen molar-refractivity contribution < 1.29 is 0 Å². The van der Waals surface area contributed by atoms with Crippen LogP contribution in [-0.4, -0.2) is 42.3 Å². The maximum Gasteiger partial charge on any atom is 0.0122 e. The molecular weight excluding hydrogens is 645 g/mol. The van der Waals surface area contributed by atoms with Gasteiger partial charge in [0.05, 0.1) is 0 Å². The summed E-state index contributed by atoms with van der Waals surface area (Å²) >= 11 is 1.79. The van der Waals surface area contributed by atoms with Gasteiger partial charge < -0.3 is 34.4 Å². The Bertz CT molecular complexity index is 1150. The molecule has 7 heteroatoms. The predicted molar refractivity (Wildman–Crippen MR) is 229 cm³/mol. The van der Waals surface area contributed by atoms with Crippen LogP contribution in [0.5, 0.6) is 0 Å². The molecule has 0 aliphatic carbocycles. The molecule has 0 atom stereocenters. The van der Waals surface area contributed by atoms with Crippen molar-refractivity contribution in [2.45, 2.75) is 22.6 Å². The molecular formula is C44H64N6S. The summed E-state index contributed by atoms with van der Waals surface area (Å²) in [6.45, 7) is 0. The SMILES string of the molecule is CN.CN.CN.CN.CN.CN.c1ccc(Cc2ccccc2)cc1.c1ccc(Cc2ccccc2)cc1.c1ccc(Sc2ccccc2)cc1. The Morgan fingerprint density at radius 2 is 0.412 bits per heavy atom. The largest absolute Gasteiger partial charge is 0.333 e. The van der Waals surface area contributed by atoms with Crippen LogP contribution in [0.4, 0.5) is 0 Å². The number of hydrogen-bond donors (Lipinski definition) is 6. The third-order valence-corrected chi connectivity index (χ3v) is 6.93. The maximum absolute atomic E-state index is 4.50. The lowest BCUT2D eigenvalue weighted by atomic mass is 10.1. The molecule has 0 amide bonds. The second-order valence-corrected chi connectivity index (χ2v) is 10.2. The van der Waals surface area contributed by atoms with E-state index in [2.05, 4.69) is 204 Å². The van der Waals surface area contributed by atoms with E-state index in [1.807, 2.05) is 12.1 Å². The molecule has 6 rings (SSSR count). The second-order valence-electron chi connectivity index (χ2n) is 9.02. The average molecular weight is 709 g/mol. The van der Waals surface area contributed by atoms with Crippen LogP contribution in [-0.2, 0) is 12.8 Å². The Morgan fingerprint density at radius 1 is 0.255 bits per heavy atom. The Morgan fingerprint density at radius 3 is 0.588 bits per heavy atom. The Balaban J connectivity index is -0.000000589. The van der Waals surface area contributed by atoms with Crippen LogP contribution in [0, 0.1) is 0 Å². The van der Waals surface area contributed by atoms with Crippen LogP contribution in [0.1, 0.15) is 22.3 Å². The van der Waals surface area contributed by atoms with Gasteiger partial charge in [-0.2, -0.15) is 0 Å². The first-order chi connectivity index (χ1) is 25.3. The van der Waals surface area contributed by atoms with E-state index in [0.717, 1.165) is 12.8 Å². The summed E-state index contributed by atoms with van der Waals surface area (Å²) < 4.78 is 0. The van der Waals surface area contributed by atoms with Gasteiger partial charge in [0.25, 0.3) is 0 Å². The highest BCUT2D eigenvalue weighted by Gasteiger charge is 1.95. The zero-order valence-electron chi connectivity index (χ0n) is 31.6. The smallest absolute Gasteiger partial charge is 0.0122 e. The molecule has 0 saturated heterocycles. The monoisotopic (exact) mass is 708 g/mol.